The Bertz CT molecular complexity index is 1140. The molecule has 0 aromatic heterocycles. The summed E-state index contributed by atoms with van der Waals surface area (Å²) in [6, 6.07) is -0.841. The minimum atomic E-state index is -4.32. The lowest BCUT2D eigenvalue weighted by Crippen LogP contribution is -2.45. The van der Waals surface area contributed by atoms with Crippen LogP contribution in [0.25, 0.3) is 0 Å². The molecule has 9 heteroatoms. The molecule has 344 valence electrons. The van der Waals surface area contributed by atoms with Crippen LogP contribution in [0, 0.1) is 0 Å². The number of hydrogen-bond acceptors (Lipinski definition) is 5. The van der Waals surface area contributed by atoms with Crippen molar-refractivity contribution in [2.24, 2.45) is 0 Å². The highest BCUT2D eigenvalue weighted by Gasteiger charge is 2.27. The van der Waals surface area contributed by atoms with Crippen LogP contribution in [0.15, 0.2) is 60.8 Å². The second-order valence-corrected chi connectivity index (χ2v) is 18.9. The number of aliphatic hydroxyl groups is 1. The van der Waals surface area contributed by atoms with E-state index in [1.807, 2.05) is 27.2 Å². The molecule has 59 heavy (non-hydrogen) atoms. The molecule has 3 N–H and O–H groups in total. The molecule has 0 heterocycles. The van der Waals surface area contributed by atoms with Gasteiger partial charge in [0.2, 0.25) is 5.91 Å². The highest BCUT2D eigenvalue weighted by molar-refractivity contribution is 7.47. The molecule has 0 saturated heterocycles. The van der Waals surface area contributed by atoms with Crippen LogP contribution in [-0.2, 0) is 18.4 Å². The number of carbonyl (C=O) groups excluding carboxylic acids is 1. The summed E-state index contributed by atoms with van der Waals surface area (Å²) in [5, 5.41) is 13.6. The summed E-state index contributed by atoms with van der Waals surface area (Å²) in [4.78, 5) is 22.9. The van der Waals surface area contributed by atoms with Crippen LogP contribution in [-0.4, -0.2) is 73.4 Å². The van der Waals surface area contributed by atoms with Gasteiger partial charge >= 0.3 is 7.82 Å². The van der Waals surface area contributed by atoms with E-state index >= 15 is 0 Å². The molecule has 0 bridgehead atoms. The van der Waals surface area contributed by atoms with E-state index in [4.69, 9.17) is 9.05 Å². The Morgan fingerprint density at radius 3 is 1.47 bits per heavy atom. The lowest BCUT2D eigenvalue weighted by molar-refractivity contribution is -0.870. The van der Waals surface area contributed by atoms with Gasteiger partial charge in [0.15, 0.2) is 0 Å². The van der Waals surface area contributed by atoms with Crippen LogP contribution >= 0.6 is 7.82 Å². The Labute approximate surface area is 364 Å². The average molecular weight is 850 g/mol. The molecule has 0 rings (SSSR count). The number of quaternary nitrogens is 1. The van der Waals surface area contributed by atoms with Crippen molar-refractivity contribution in [2.75, 3.05) is 40.9 Å². The van der Waals surface area contributed by atoms with Crippen molar-refractivity contribution < 1.29 is 32.9 Å². The van der Waals surface area contributed by atoms with Crippen LogP contribution in [0.5, 0.6) is 0 Å². The van der Waals surface area contributed by atoms with Gasteiger partial charge in [0, 0.05) is 6.42 Å². The van der Waals surface area contributed by atoms with E-state index in [9.17, 15) is 19.4 Å². The minimum Gasteiger partial charge on any atom is -0.387 e. The van der Waals surface area contributed by atoms with E-state index in [2.05, 4.69) is 67.8 Å². The number of amides is 1. The normalized spacial score (nSPS) is 14.8. The summed E-state index contributed by atoms with van der Waals surface area (Å²) in [5.41, 5.74) is 0. The van der Waals surface area contributed by atoms with Crippen molar-refractivity contribution in [3.05, 3.63) is 60.8 Å². The minimum absolute atomic E-state index is 0.0598. The Morgan fingerprint density at radius 2 is 1.02 bits per heavy atom. The van der Waals surface area contributed by atoms with Gasteiger partial charge in [-0.15, -0.1) is 0 Å². The van der Waals surface area contributed by atoms with Crippen LogP contribution in [0.1, 0.15) is 200 Å². The van der Waals surface area contributed by atoms with Crippen molar-refractivity contribution in [2.45, 2.75) is 212 Å². The third-order valence-electron chi connectivity index (χ3n) is 10.5. The molecule has 0 radical (unpaired) electrons. The predicted octanol–water partition coefficient (Wildman–Crippen LogP) is 13.8. The second-order valence-electron chi connectivity index (χ2n) is 17.5. The quantitative estimate of drug-likeness (QED) is 0.0244. The zero-order valence-electron chi connectivity index (χ0n) is 39.0. The first-order chi connectivity index (χ1) is 28.5. The molecule has 0 aromatic carbocycles. The second kappa shape index (κ2) is 41.5. The molecular formula is C50H94N2O6P+. The van der Waals surface area contributed by atoms with Crippen molar-refractivity contribution in [1.82, 2.24) is 5.32 Å². The van der Waals surface area contributed by atoms with Gasteiger partial charge in [0.25, 0.3) is 0 Å². The molecule has 0 fully saturated rings. The standard InChI is InChI=1S/C50H93N2O6P/c1-6-8-10-12-13-14-15-16-17-18-19-20-21-22-23-24-25-26-27-28-29-30-31-32-33-34-35-36-37-38-39-40-42-44-50(54)51-48(49(53)43-41-11-9-7-2)47-58-59(55,56)57-46-45-52(3,4)5/h8,10,13-14,16-17,19-20,41,43,48-49,53H,6-7,9,11-12,15,18,21-40,42,44-47H2,1-5H3,(H-,51,54,55,56)/p+1/b10-8-,14-13-,17-16-,20-19-,43-41+. The lowest BCUT2D eigenvalue weighted by Gasteiger charge is -2.25. The van der Waals surface area contributed by atoms with Gasteiger partial charge in [0.1, 0.15) is 13.2 Å². The highest BCUT2D eigenvalue weighted by atomic mass is 31.2. The number of phosphoric ester groups is 1. The van der Waals surface area contributed by atoms with Gasteiger partial charge in [-0.1, -0.05) is 203 Å². The Kier molecular flexibility index (Phi) is 40.3. The van der Waals surface area contributed by atoms with Crippen molar-refractivity contribution >= 4 is 13.7 Å². The van der Waals surface area contributed by atoms with Crippen LogP contribution in [0.4, 0.5) is 0 Å². The number of likely N-dealkylation sites (N-methyl/N-ethyl adjacent to an activating group) is 1. The number of aliphatic hydroxyl groups excluding tert-OH is 1. The summed E-state index contributed by atoms with van der Waals surface area (Å²) in [7, 11) is 1.56. The fourth-order valence-electron chi connectivity index (χ4n) is 6.67. The number of unbranched alkanes of at least 4 members (excludes halogenated alkanes) is 22. The Hall–Kier alpha value is -1.80. The van der Waals surface area contributed by atoms with E-state index in [0.717, 1.165) is 64.2 Å². The van der Waals surface area contributed by atoms with Crippen molar-refractivity contribution in [3.8, 4) is 0 Å². The summed E-state index contributed by atoms with van der Waals surface area (Å²) in [6.45, 7) is 4.54. The van der Waals surface area contributed by atoms with E-state index in [1.165, 1.54) is 116 Å². The SMILES string of the molecule is CC/C=C\C/C=C\C/C=C\C/C=C\CCCCCCCCCCCCCCCCCCCCCCC(=O)NC(COP(=O)(O)OCC[N+](C)(C)C)C(O)/C=C/CCCC. The number of hydrogen-bond donors (Lipinski definition) is 3. The predicted molar refractivity (Wildman–Crippen MR) is 254 cm³/mol. The average Bonchev–Trinajstić information content (AvgIpc) is 3.19. The number of allylic oxidation sites excluding steroid dienone is 9. The van der Waals surface area contributed by atoms with Gasteiger partial charge in [-0.25, -0.2) is 4.57 Å². The third kappa shape index (κ3) is 44.1. The maximum absolute atomic E-state index is 12.7. The Balaban J connectivity index is 3.77. The number of rotatable bonds is 43. The molecule has 0 aliphatic heterocycles. The molecular weight excluding hydrogens is 756 g/mol. The van der Waals surface area contributed by atoms with Crippen molar-refractivity contribution in [3.63, 3.8) is 0 Å². The number of nitrogens with zero attached hydrogens (tertiary/aromatic N) is 1. The molecule has 0 saturated carbocycles. The van der Waals surface area contributed by atoms with E-state index < -0.39 is 20.0 Å². The molecule has 0 spiro atoms. The van der Waals surface area contributed by atoms with Gasteiger partial charge < -0.3 is 19.8 Å². The molecule has 1 amide bonds. The number of nitrogens with one attached hydrogen (secondary N) is 1. The first-order valence-electron chi connectivity index (χ1n) is 24.2. The fraction of sp³-hybridized carbons (Fsp3) is 0.780. The largest absolute Gasteiger partial charge is 0.472 e. The Morgan fingerprint density at radius 1 is 0.593 bits per heavy atom. The molecule has 0 aliphatic rings. The smallest absolute Gasteiger partial charge is 0.387 e. The molecule has 0 aromatic rings. The maximum atomic E-state index is 12.7. The summed E-state index contributed by atoms with van der Waals surface area (Å²) in [6.07, 6.45) is 55.3. The first kappa shape index (κ1) is 57.2. The van der Waals surface area contributed by atoms with Crippen LogP contribution < -0.4 is 5.32 Å². The van der Waals surface area contributed by atoms with Crippen LogP contribution in [0.3, 0.4) is 0 Å². The van der Waals surface area contributed by atoms with Crippen molar-refractivity contribution in [1.29, 1.82) is 0 Å². The number of phosphoric acid groups is 1. The molecule has 8 nitrogen and oxygen atoms in total. The van der Waals surface area contributed by atoms with E-state index in [0.29, 0.717) is 17.4 Å². The van der Waals surface area contributed by atoms with Crippen LogP contribution in [0.2, 0.25) is 0 Å². The lowest BCUT2D eigenvalue weighted by atomic mass is 10.0. The zero-order valence-corrected chi connectivity index (χ0v) is 39.9. The third-order valence-corrected chi connectivity index (χ3v) is 11.5. The first-order valence-corrected chi connectivity index (χ1v) is 25.7. The van der Waals surface area contributed by atoms with E-state index in [1.54, 1.807) is 6.08 Å². The van der Waals surface area contributed by atoms with Gasteiger partial charge in [-0.05, 0) is 51.4 Å². The molecule has 3 unspecified atom stereocenters. The monoisotopic (exact) mass is 850 g/mol. The van der Waals surface area contributed by atoms with E-state index in [-0.39, 0.29) is 19.1 Å². The van der Waals surface area contributed by atoms with Gasteiger partial charge in [-0.2, -0.15) is 0 Å². The fourth-order valence-corrected chi connectivity index (χ4v) is 7.40. The zero-order chi connectivity index (χ0) is 43.6. The summed E-state index contributed by atoms with van der Waals surface area (Å²) < 4.78 is 23.3. The molecule has 3 atom stereocenters. The topological polar surface area (TPSA) is 105 Å². The summed E-state index contributed by atoms with van der Waals surface area (Å²) >= 11 is 0. The maximum Gasteiger partial charge on any atom is 0.472 e. The summed E-state index contributed by atoms with van der Waals surface area (Å²) in [5.74, 6) is -0.186. The molecule has 0 aliphatic carbocycles. The van der Waals surface area contributed by atoms with Gasteiger partial charge in [-0.3, -0.25) is 13.8 Å². The number of carbonyl (C=O) groups is 1. The van der Waals surface area contributed by atoms with Gasteiger partial charge in [0.05, 0.1) is 39.9 Å². The highest BCUT2D eigenvalue weighted by Crippen LogP contribution is 2.43.